The molecule has 122 valence electrons. The van der Waals surface area contributed by atoms with Crippen LogP contribution in [0.2, 0.25) is 0 Å². The van der Waals surface area contributed by atoms with Crippen LogP contribution in [0.3, 0.4) is 0 Å². The van der Waals surface area contributed by atoms with Crippen LogP contribution in [0.15, 0.2) is 36.4 Å². The van der Waals surface area contributed by atoms with Gasteiger partial charge in [0, 0.05) is 7.05 Å². The van der Waals surface area contributed by atoms with Gasteiger partial charge in [0.15, 0.2) is 11.6 Å². The zero-order valence-corrected chi connectivity index (χ0v) is 14.2. The van der Waals surface area contributed by atoms with Crippen LogP contribution in [0, 0.1) is 12.7 Å². The highest BCUT2D eigenvalue weighted by Gasteiger charge is 2.01. The van der Waals surface area contributed by atoms with E-state index < -0.39 is 0 Å². The minimum absolute atomic E-state index is 0.0203. The first-order valence-corrected chi connectivity index (χ1v) is 7.42. The van der Waals surface area contributed by atoms with Gasteiger partial charge in [0.25, 0.3) is 0 Å². The van der Waals surface area contributed by atoms with E-state index in [1.807, 2.05) is 53.8 Å². The van der Waals surface area contributed by atoms with Crippen molar-refractivity contribution in [1.29, 1.82) is 0 Å². The monoisotopic (exact) mass is 307 g/mol. The topological polar surface area (TPSA) is 47.0 Å². The molecule has 0 aliphatic heterocycles. The van der Waals surface area contributed by atoms with E-state index in [1.165, 1.54) is 6.07 Å². The first-order chi connectivity index (χ1) is 10.5. The average Bonchev–Trinajstić information content (AvgIpc) is 2.53. The van der Waals surface area contributed by atoms with Crippen molar-refractivity contribution in [2.75, 3.05) is 12.4 Å². The van der Waals surface area contributed by atoms with Crippen LogP contribution < -0.4 is 10.1 Å². The van der Waals surface area contributed by atoms with Crippen molar-refractivity contribution in [3.63, 3.8) is 0 Å². The number of ether oxygens (including phenoxy) is 1. The molecule has 0 radical (unpaired) electrons. The maximum Gasteiger partial charge on any atom is 0.165 e. The number of anilines is 1. The second-order valence-electron chi connectivity index (χ2n) is 4.41. The number of para-hydroxylation sites is 1. The summed E-state index contributed by atoms with van der Waals surface area (Å²) in [6.07, 6.45) is 0.0203. The molecule has 0 spiro atoms. The molecule has 0 amide bonds. The Morgan fingerprint density at radius 3 is 2.14 bits per heavy atom. The van der Waals surface area contributed by atoms with Crippen LogP contribution in [-0.4, -0.2) is 23.3 Å². The number of hydrogen-bond donors (Lipinski definition) is 1. The molecule has 0 saturated heterocycles. The van der Waals surface area contributed by atoms with Crippen LogP contribution in [0.5, 0.6) is 5.75 Å². The number of aryl methyl sites for hydroxylation is 1. The summed E-state index contributed by atoms with van der Waals surface area (Å²) in [6, 6.07) is 10.2. The lowest BCUT2D eigenvalue weighted by Gasteiger charge is -2.09. The summed E-state index contributed by atoms with van der Waals surface area (Å²) in [5.74, 6) is 0.823. The Labute approximate surface area is 132 Å². The summed E-state index contributed by atoms with van der Waals surface area (Å²) in [4.78, 5) is 0. The Balaban J connectivity index is 0.000000366. The third-order valence-corrected chi connectivity index (χ3v) is 2.25. The molecule has 4 nitrogen and oxygen atoms in total. The molecule has 5 heteroatoms. The van der Waals surface area contributed by atoms with E-state index in [1.54, 1.807) is 18.2 Å². The lowest BCUT2D eigenvalue weighted by Crippen LogP contribution is -2.06. The quantitative estimate of drug-likeness (QED) is 0.909. The molecular weight excluding hydrogens is 281 g/mol. The number of nitrogens with one attached hydrogen (secondary N) is 1. The van der Waals surface area contributed by atoms with Gasteiger partial charge in [0.05, 0.1) is 11.8 Å². The van der Waals surface area contributed by atoms with Crippen LogP contribution >= 0.6 is 0 Å². The Morgan fingerprint density at radius 1 is 1.05 bits per heavy atom. The number of halogens is 1. The van der Waals surface area contributed by atoms with Gasteiger partial charge >= 0.3 is 0 Å². The van der Waals surface area contributed by atoms with Gasteiger partial charge in [0.1, 0.15) is 5.82 Å². The van der Waals surface area contributed by atoms with Crippen molar-refractivity contribution in [1.82, 2.24) is 10.2 Å². The smallest absolute Gasteiger partial charge is 0.165 e. The summed E-state index contributed by atoms with van der Waals surface area (Å²) < 4.78 is 18.0. The summed E-state index contributed by atoms with van der Waals surface area (Å²) in [5.41, 5.74) is 0.939. The molecule has 1 heterocycles. The highest BCUT2D eigenvalue weighted by atomic mass is 19.1. The minimum atomic E-state index is -0.304. The maximum absolute atomic E-state index is 12.8. The summed E-state index contributed by atoms with van der Waals surface area (Å²) in [6.45, 7) is 9.64. The van der Waals surface area contributed by atoms with Crippen LogP contribution in [0.4, 0.5) is 10.2 Å². The largest absolute Gasteiger partial charge is 0.488 e. The summed E-state index contributed by atoms with van der Waals surface area (Å²) >= 11 is 0. The van der Waals surface area contributed by atoms with Gasteiger partial charge in [-0.2, -0.15) is 5.10 Å². The van der Waals surface area contributed by atoms with Crippen LogP contribution in [-0.2, 0) is 0 Å². The van der Waals surface area contributed by atoms with Crippen molar-refractivity contribution in [3.05, 3.63) is 47.9 Å². The SMILES string of the molecule is CC.CC(C)Oc1ccccc1F.CNc1ccc(C)nn1. The second-order valence-corrected chi connectivity index (χ2v) is 4.41. The highest BCUT2D eigenvalue weighted by molar-refractivity contribution is 5.31. The van der Waals surface area contributed by atoms with Gasteiger partial charge in [-0.15, -0.1) is 5.10 Å². The van der Waals surface area contributed by atoms with Crippen molar-refractivity contribution < 1.29 is 9.13 Å². The highest BCUT2D eigenvalue weighted by Crippen LogP contribution is 2.16. The predicted molar refractivity (Wildman–Crippen MR) is 89.8 cm³/mol. The molecule has 0 atom stereocenters. The lowest BCUT2D eigenvalue weighted by atomic mass is 10.3. The number of nitrogens with zero attached hydrogens (tertiary/aromatic N) is 2. The second kappa shape index (κ2) is 11.5. The van der Waals surface area contributed by atoms with E-state index in [-0.39, 0.29) is 11.9 Å². The van der Waals surface area contributed by atoms with Gasteiger partial charge < -0.3 is 10.1 Å². The molecule has 1 N–H and O–H groups in total. The molecular formula is C17H26FN3O. The fraction of sp³-hybridized carbons (Fsp3) is 0.412. The first-order valence-electron chi connectivity index (χ1n) is 7.42. The van der Waals surface area contributed by atoms with Gasteiger partial charge in [0.2, 0.25) is 0 Å². The molecule has 1 aromatic heterocycles. The van der Waals surface area contributed by atoms with Crippen molar-refractivity contribution in [2.24, 2.45) is 0 Å². The predicted octanol–water partition coefficient (Wildman–Crippen LogP) is 4.47. The molecule has 0 aliphatic rings. The first kappa shape index (κ1) is 19.8. The Kier molecular flexibility index (Phi) is 10.4. The standard InChI is InChI=1S/C9H11FO.C6H9N3.C2H6/c1-7(2)11-9-6-4-3-5-8(9)10;1-5-3-4-6(7-2)9-8-5;1-2/h3-7H,1-2H3;3-4H,1-2H3,(H,7,9);1-2H3. The van der Waals surface area contributed by atoms with Gasteiger partial charge in [-0.25, -0.2) is 4.39 Å². The third-order valence-electron chi connectivity index (χ3n) is 2.25. The van der Waals surface area contributed by atoms with Crippen molar-refractivity contribution >= 4 is 5.82 Å². The fourth-order valence-electron chi connectivity index (χ4n) is 1.33. The van der Waals surface area contributed by atoms with Crippen LogP contribution in [0.25, 0.3) is 0 Å². The van der Waals surface area contributed by atoms with E-state index in [2.05, 4.69) is 15.5 Å². The Bertz CT molecular complexity index is 516. The molecule has 0 aliphatic carbocycles. The molecule has 1 aromatic carbocycles. The minimum Gasteiger partial charge on any atom is -0.488 e. The van der Waals surface area contributed by atoms with E-state index in [0.29, 0.717) is 5.75 Å². The van der Waals surface area contributed by atoms with Gasteiger partial charge in [-0.05, 0) is 45.0 Å². The third kappa shape index (κ3) is 8.19. The Morgan fingerprint density at radius 2 is 1.68 bits per heavy atom. The molecule has 0 fully saturated rings. The van der Waals surface area contributed by atoms with Crippen molar-refractivity contribution in [2.45, 2.75) is 40.7 Å². The zero-order chi connectivity index (χ0) is 17.0. The molecule has 0 unspecified atom stereocenters. The summed E-state index contributed by atoms with van der Waals surface area (Å²) in [7, 11) is 1.82. The van der Waals surface area contributed by atoms with Crippen LogP contribution in [0.1, 0.15) is 33.4 Å². The molecule has 2 rings (SSSR count). The van der Waals surface area contributed by atoms with E-state index >= 15 is 0 Å². The Hall–Kier alpha value is -2.17. The van der Waals surface area contributed by atoms with E-state index in [0.717, 1.165) is 11.5 Å². The zero-order valence-electron chi connectivity index (χ0n) is 14.2. The molecule has 0 bridgehead atoms. The number of rotatable bonds is 3. The maximum atomic E-state index is 12.8. The normalized spacial score (nSPS) is 9.09. The van der Waals surface area contributed by atoms with Crippen molar-refractivity contribution in [3.8, 4) is 5.75 Å². The van der Waals surface area contributed by atoms with Gasteiger partial charge in [-0.1, -0.05) is 26.0 Å². The molecule has 0 saturated carbocycles. The van der Waals surface area contributed by atoms with E-state index in [9.17, 15) is 4.39 Å². The number of hydrogen-bond acceptors (Lipinski definition) is 4. The fourth-order valence-corrected chi connectivity index (χ4v) is 1.33. The average molecular weight is 307 g/mol. The van der Waals surface area contributed by atoms with E-state index in [4.69, 9.17) is 4.74 Å². The van der Waals surface area contributed by atoms with Gasteiger partial charge in [-0.3, -0.25) is 0 Å². The summed E-state index contributed by atoms with van der Waals surface area (Å²) in [5, 5.41) is 10.6. The number of aromatic nitrogens is 2. The lowest BCUT2D eigenvalue weighted by molar-refractivity contribution is 0.231. The molecule has 2 aromatic rings. The molecule has 22 heavy (non-hydrogen) atoms. The number of benzene rings is 1.